The third-order valence-electron chi connectivity index (χ3n) is 3.11. The van der Waals surface area contributed by atoms with E-state index in [2.05, 4.69) is 37.9 Å². The summed E-state index contributed by atoms with van der Waals surface area (Å²) in [4.78, 5) is 14.6. The van der Waals surface area contributed by atoms with Crippen molar-refractivity contribution in [3.8, 4) is 0 Å². The summed E-state index contributed by atoms with van der Waals surface area (Å²) in [6, 6.07) is 2.98. The molecule has 4 nitrogen and oxygen atoms in total. The number of nitrogens with zero attached hydrogens (tertiary/aromatic N) is 1. The second-order valence-corrected chi connectivity index (χ2v) is 6.26. The Hall–Kier alpha value is -0.910. The van der Waals surface area contributed by atoms with Gasteiger partial charge in [0.2, 0.25) is 5.91 Å². The molecule has 5 heteroatoms. The molecule has 0 radical (unpaired) electrons. The van der Waals surface area contributed by atoms with Crippen LogP contribution in [0.5, 0.6) is 0 Å². The minimum absolute atomic E-state index is 0.353. The summed E-state index contributed by atoms with van der Waals surface area (Å²) in [5, 5.41) is 5.22. The van der Waals surface area contributed by atoms with E-state index < -0.39 is 0 Å². The van der Waals surface area contributed by atoms with E-state index in [9.17, 15) is 4.79 Å². The second kappa shape index (κ2) is 7.62. The van der Waals surface area contributed by atoms with Gasteiger partial charge in [-0.3, -0.25) is 9.69 Å². The minimum atomic E-state index is -0.353. The molecule has 108 valence electrons. The molecule has 1 rings (SSSR count). The SMILES string of the molecule is CC(C)N(CCNCc1cc(C(N)=O)cs1)C(C)C. The van der Waals surface area contributed by atoms with Gasteiger partial charge in [0.05, 0.1) is 5.56 Å². The number of hydrogen-bond donors (Lipinski definition) is 2. The molecule has 0 atom stereocenters. The van der Waals surface area contributed by atoms with Crippen LogP contribution in [0.4, 0.5) is 0 Å². The minimum Gasteiger partial charge on any atom is -0.366 e. The van der Waals surface area contributed by atoms with Crippen molar-refractivity contribution in [1.82, 2.24) is 10.2 Å². The predicted octanol–water partition coefficient (Wildman–Crippen LogP) is 2.06. The van der Waals surface area contributed by atoms with Gasteiger partial charge in [0.1, 0.15) is 0 Å². The molecule has 0 aromatic carbocycles. The van der Waals surface area contributed by atoms with Crippen molar-refractivity contribution in [2.75, 3.05) is 13.1 Å². The second-order valence-electron chi connectivity index (χ2n) is 5.27. The van der Waals surface area contributed by atoms with Crippen molar-refractivity contribution < 1.29 is 4.79 Å². The van der Waals surface area contributed by atoms with Crippen LogP contribution in [0.3, 0.4) is 0 Å². The summed E-state index contributed by atoms with van der Waals surface area (Å²) in [5.41, 5.74) is 5.83. The molecule has 1 amide bonds. The predicted molar refractivity (Wildman–Crippen MR) is 81.5 cm³/mol. The molecule has 1 heterocycles. The first-order valence-corrected chi connectivity index (χ1v) is 7.63. The molecule has 0 aliphatic heterocycles. The largest absolute Gasteiger partial charge is 0.366 e. The highest BCUT2D eigenvalue weighted by molar-refractivity contribution is 7.10. The van der Waals surface area contributed by atoms with Crippen LogP contribution in [0, 0.1) is 0 Å². The van der Waals surface area contributed by atoms with Crippen molar-refractivity contribution in [2.24, 2.45) is 5.73 Å². The van der Waals surface area contributed by atoms with E-state index in [0.29, 0.717) is 17.6 Å². The average Bonchev–Trinajstić information content (AvgIpc) is 2.76. The fraction of sp³-hybridized carbons (Fsp3) is 0.643. The molecule has 0 fully saturated rings. The van der Waals surface area contributed by atoms with Crippen molar-refractivity contribution in [3.63, 3.8) is 0 Å². The first-order chi connectivity index (χ1) is 8.91. The molecule has 0 spiro atoms. The lowest BCUT2D eigenvalue weighted by Crippen LogP contribution is -2.41. The molecule has 0 aliphatic carbocycles. The van der Waals surface area contributed by atoms with Gasteiger partial charge in [-0.05, 0) is 33.8 Å². The van der Waals surface area contributed by atoms with Crippen LogP contribution in [-0.4, -0.2) is 36.0 Å². The molecule has 0 aliphatic rings. The maximum atomic E-state index is 11.0. The van der Waals surface area contributed by atoms with E-state index in [0.717, 1.165) is 24.5 Å². The topological polar surface area (TPSA) is 58.4 Å². The van der Waals surface area contributed by atoms with Gasteiger partial charge in [-0.25, -0.2) is 0 Å². The first kappa shape index (κ1) is 16.1. The highest BCUT2D eigenvalue weighted by Crippen LogP contribution is 2.13. The number of thiophene rings is 1. The van der Waals surface area contributed by atoms with Gasteiger partial charge >= 0.3 is 0 Å². The summed E-state index contributed by atoms with van der Waals surface area (Å²) >= 11 is 1.57. The van der Waals surface area contributed by atoms with E-state index in [-0.39, 0.29) is 5.91 Å². The summed E-state index contributed by atoms with van der Waals surface area (Å²) in [6.45, 7) is 11.7. The van der Waals surface area contributed by atoms with Crippen LogP contribution in [0.1, 0.15) is 42.9 Å². The van der Waals surface area contributed by atoms with Crippen molar-refractivity contribution in [2.45, 2.75) is 46.3 Å². The Balaban J connectivity index is 2.31. The number of primary amides is 1. The molecule has 0 saturated heterocycles. The van der Waals surface area contributed by atoms with Crippen LogP contribution in [0.25, 0.3) is 0 Å². The van der Waals surface area contributed by atoms with Crippen LogP contribution in [-0.2, 0) is 6.54 Å². The number of nitrogens with one attached hydrogen (secondary N) is 1. The average molecular weight is 283 g/mol. The number of rotatable bonds is 8. The zero-order valence-electron chi connectivity index (χ0n) is 12.3. The van der Waals surface area contributed by atoms with Gasteiger partial charge in [0, 0.05) is 42.0 Å². The lowest BCUT2D eigenvalue weighted by atomic mass is 10.2. The van der Waals surface area contributed by atoms with E-state index >= 15 is 0 Å². The molecule has 19 heavy (non-hydrogen) atoms. The van der Waals surface area contributed by atoms with Gasteiger partial charge in [-0.15, -0.1) is 11.3 Å². The number of carbonyl (C=O) groups excluding carboxylic acids is 1. The van der Waals surface area contributed by atoms with E-state index in [4.69, 9.17) is 5.73 Å². The van der Waals surface area contributed by atoms with Crippen LogP contribution in [0.2, 0.25) is 0 Å². The fourth-order valence-corrected chi connectivity index (χ4v) is 2.98. The van der Waals surface area contributed by atoms with Gasteiger partial charge in [0.15, 0.2) is 0 Å². The van der Waals surface area contributed by atoms with Gasteiger partial charge < -0.3 is 11.1 Å². The lowest BCUT2D eigenvalue weighted by molar-refractivity contribution is 0.100. The molecule has 3 N–H and O–H groups in total. The fourth-order valence-electron chi connectivity index (χ4n) is 2.13. The standard InChI is InChI=1S/C14H25N3OS/c1-10(2)17(11(3)4)6-5-16-8-13-7-12(9-19-13)14(15)18/h7,9-11,16H,5-6,8H2,1-4H3,(H2,15,18). The highest BCUT2D eigenvalue weighted by atomic mass is 32.1. The monoisotopic (exact) mass is 283 g/mol. The Morgan fingerprint density at radius 3 is 2.47 bits per heavy atom. The highest BCUT2D eigenvalue weighted by Gasteiger charge is 2.12. The van der Waals surface area contributed by atoms with E-state index in [1.54, 1.807) is 11.3 Å². The lowest BCUT2D eigenvalue weighted by Gasteiger charge is -2.30. The number of nitrogens with two attached hydrogens (primary N) is 1. The summed E-state index contributed by atoms with van der Waals surface area (Å²) in [6.07, 6.45) is 0. The van der Waals surface area contributed by atoms with Crippen LogP contribution in [0.15, 0.2) is 11.4 Å². The maximum absolute atomic E-state index is 11.0. The Morgan fingerprint density at radius 1 is 1.37 bits per heavy atom. The molecule has 0 bridgehead atoms. The van der Waals surface area contributed by atoms with Crippen LogP contribution < -0.4 is 11.1 Å². The van der Waals surface area contributed by atoms with E-state index in [1.807, 2.05) is 11.4 Å². The summed E-state index contributed by atoms with van der Waals surface area (Å²) in [7, 11) is 0. The quantitative estimate of drug-likeness (QED) is 0.718. The summed E-state index contributed by atoms with van der Waals surface area (Å²) in [5.74, 6) is -0.353. The molecule has 1 aromatic rings. The number of hydrogen-bond acceptors (Lipinski definition) is 4. The summed E-state index contributed by atoms with van der Waals surface area (Å²) < 4.78 is 0. The number of amides is 1. The van der Waals surface area contributed by atoms with Crippen molar-refractivity contribution in [3.05, 3.63) is 21.9 Å². The van der Waals surface area contributed by atoms with Gasteiger partial charge in [-0.2, -0.15) is 0 Å². The zero-order valence-corrected chi connectivity index (χ0v) is 13.1. The molecular formula is C14H25N3OS. The number of carbonyl (C=O) groups is 1. The Labute approximate surface area is 120 Å². The molecule has 0 saturated carbocycles. The maximum Gasteiger partial charge on any atom is 0.249 e. The Morgan fingerprint density at radius 2 is 2.00 bits per heavy atom. The Kier molecular flexibility index (Phi) is 6.48. The smallest absolute Gasteiger partial charge is 0.249 e. The van der Waals surface area contributed by atoms with E-state index in [1.165, 1.54) is 0 Å². The molecule has 1 aromatic heterocycles. The Bertz CT molecular complexity index is 393. The zero-order chi connectivity index (χ0) is 14.4. The molecule has 0 unspecified atom stereocenters. The van der Waals surface area contributed by atoms with Crippen molar-refractivity contribution >= 4 is 17.2 Å². The first-order valence-electron chi connectivity index (χ1n) is 6.75. The van der Waals surface area contributed by atoms with Gasteiger partial charge in [0.25, 0.3) is 0 Å². The normalized spacial score (nSPS) is 11.7. The van der Waals surface area contributed by atoms with Gasteiger partial charge in [-0.1, -0.05) is 0 Å². The van der Waals surface area contributed by atoms with Crippen LogP contribution >= 0.6 is 11.3 Å². The third-order valence-corrected chi connectivity index (χ3v) is 4.05. The van der Waals surface area contributed by atoms with Crippen molar-refractivity contribution in [1.29, 1.82) is 0 Å². The third kappa shape index (κ3) is 5.30. The molecular weight excluding hydrogens is 258 g/mol.